The number of aryl methyl sites for hydroxylation is 2. The highest BCUT2D eigenvalue weighted by atomic mass is 19.1. The first kappa shape index (κ1) is 18.4. The highest BCUT2D eigenvalue weighted by Crippen LogP contribution is 2.21. The van der Waals surface area contributed by atoms with Gasteiger partial charge in [-0.3, -0.25) is 14.4 Å². The molecule has 1 aromatic carbocycles. The molecule has 0 spiro atoms. The standard InChI is InChI=1S/C19H26FN5O/c1-13-18(14(2)23(4)22-13)21-19(26)15(3)24-9-11-25(12-10-24)17-7-5-16(20)6-8-17/h5-8,15H,9-12H2,1-4H3,(H,21,26). The third-order valence-corrected chi connectivity index (χ3v) is 5.19. The minimum Gasteiger partial charge on any atom is -0.369 e. The maximum absolute atomic E-state index is 13.1. The lowest BCUT2D eigenvalue weighted by Gasteiger charge is -2.38. The first-order valence-electron chi connectivity index (χ1n) is 8.92. The van der Waals surface area contributed by atoms with E-state index in [0.29, 0.717) is 0 Å². The van der Waals surface area contributed by atoms with Gasteiger partial charge in [0.1, 0.15) is 5.82 Å². The largest absolute Gasteiger partial charge is 0.369 e. The molecule has 2 aromatic rings. The fraction of sp³-hybridized carbons (Fsp3) is 0.474. The third kappa shape index (κ3) is 3.72. The summed E-state index contributed by atoms with van der Waals surface area (Å²) in [4.78, 5) is 17.1. The van der Waals surface area contributed by atoms with E-state index in [0.717, 1.165) is 48.9 Å². The lowest BCUT2D eigenvalue weighted by atomic mass is 10.2. The predicted molar refractivity (Wildman–Crippen MR) is 101 cm³/mol. The first-order chi connectivity index (χ1) is 12.4. The minimum atomic E-state index is -0.223. The molecule has 1 saturated heterocycles. The molecule has 3 rings (SSSR count). The van der Waals surface area contributed by atoms with Gasteiger partial charge in [-0.25, -0.2) is 4.39 Å². The van der Waals surface area contributed by atoms with Crippen molar-refractivity contribution < 1.29 is 9.18 Å². The average Bonchev–Trinajstić information content (AvgIpc) is 2.88. The first-order valence-corrected chi connectivity index (χ1v) is 8.92. The maximum Gasteiger partial charge on any atom is 0.241 e. The predicted octanol–water partition coefficient (Wildman–Crippen LogP) is 2.33. The molecular weight excluding hydrogens is 333 g/mol. The summed E-state index contributed by atoms with van der Waals surface area (Å²) in [5.74, 6) is -0.238. The summed E-state index contributed by atoms with van der Waals surface area (Å²) in [6.07, 6.45) is 0. The van der Waals surface area contributed by atoms with Gasteiger partial charge in [0.05, 0.1) is 23.1 Å². The third-order valence-electron chi connectivity index (χ3n) is 5.19. The van der Waals surface area contributed by atoms with E-state index in [1.807, 2.05) is 27.8 Å². The van der Waals surface area contributed by atoms with E-state index in [9.17, 15) is 9.18 Å². The van der Waals surface area contributed by atoms with E-state index >= 15 is 0 Å². The van der Waals surface area contributed by atoms with Crippen molar-refractivity contribution in [1.82, 2.24) is 14.7 Å². The molecule has 1 fully saturated rings. The summed E-state index contributed by atoms with van der Waals surface area (Å²) in [5, 5.41) is 7.37. The van der Waals surface area contributed by atoms with Crippen molar-refractivity contribution in [3.8, 4) is 0 Å². The highest BCUT2D eigenvalue weighted by molar-refractivity contribution is 5.95. The van der Waals surface area contributed by atoms with Crippen LogP contribution in [0, 0.1) is 19.7 Å². The SMILES string of the molecule is Cc1nn(C)c(C)c1NC(=O)C(C)N1CCN(c2ccc(F)cc2)CC1. The van der Waals surface area contributed by atoms with Crippen molar-refractivity contribution in [2.45, 2.75) is 26.8 Å². The summed E-state index contributed by atoms with van der Waals surface area (Å²) >= 11 is 0. The molecule has 0 saturated carbocycles. The van der Waals surface area contributed by atoms with Crippen molar-refractivity contribution in [1.29, 1.82) is 0 Å². The van der Waals surface area contributed by atoms with Gasteiger partial charge in [-0.05, 0) is 45.0 Å². The van der Waals surface area contributed by atoms with Crippen LogP contribution in [-0.4, -0.2) is 52.8 Å². The Labute approximate surface area is 153 Å². The van der Waals surface area contributed by atoms with Crippen molar-refractivity contribution in [3.05, 3.63) is 41.5 Å². The summed E-state index contributed by atoms with van der Waals surface area (Å²) < 4.78 is 14.8. The van der Waals surface area contributed by atoms with Crippen LogP contribution in [0.2, 0.25) is 0 Å². The Hall–Kier alpha value is -2.41. The minimum absolute atomic E-state index is 0.0144. The molecule has 1 atom stereocenters. The van der Waals surface area contributed by atoms with Gasteiger partial charge in [-0.2, -0.15) is 5.10 Å². The lowest BCUT2D eigenvalue weighted by Crippen LogP contribution is -2.52. The van der Waals surface area contributed by atoms with E-state index in [-0.39, 0.29) is 17.8 Å². The number of nitrogens with one attached hydrogen (secondary N) is 1. The quantitative estimate of drug-likeness (QED) is 0.910. The fourth-order valence-corrected chi connectivity index (χ4v) is 3.37. The molecule has 140 valence electrons. The number of hydrogen-bond acceptors (Lipinski definition) is 4. The van der Waals surface area contributed by atoms with Crippen molar-refractivity contribution in [2.24, 2.45) is 7.05 Å². The molecule has 1 aromatic heterocycles. The Morgan fingerprint density at radius 2 is 1.77 bits per heavy atom. The number of carbonyl (C=O) groups is 1. The summed E-state index contributed by atoms with van der Waals surface area (Å²) in [6.45, 7) is 8.98. The van der Waals surface area contributed by atoms with Crippen LogP contribution in [0.1, 0.15) is 18.3 Å². The van der Waals surface area contributed by atoms with Crippen LogP contribution in [0.15, 0.2) is 24.3 Å². The molecule has 0 aliphatic carbocycles. The van der Waals surface area contributed by atoms with E-state index in [1.165, 1.54) is 12.1 Å². The molecule has 26 heavy (non-hydrogen) atoms. The molecule has 1 unspecified atom stereocenters. The average molecular weight is 359 g/mol. The van der Waals surface area contributed by atoms with Gasteiger partial charge in [0, 0.05) is 38.9 Å². The Balaban J connectivity index is 1.58. The smallest absolute Gasteiger partial charge is 0.241 e. The Bertz CT molecular complexity index is 778. The summed E-state index contributed by atoms with van der Waals surface area (Å²) in [6, 6.07) is 6.35. The number of aromatic nitrogens is 2. The zero-order chi connectivity index (χ0) is 18.8. The fourth-order valence-electron chi connectivity index (χ4n) is 3.37. The van der Waals surface area contributed by atoms with Gasteiger partial charge >= 0.3 is 0 Å². The molecule has 1 aliphatic rings. The summed E-state index contributed by atoms with van der Waals surface area (Å²) in [7, 11) is 1.87. The zero-order valence-corrected chi connectivity index (χ0v) is 15.8. The van der Waals surface area contributed by atoms with Crippen LogP contribution in [0.3, 0.4) is 0 Å². The molecule has 0 bridgehead atoms. The van der Waals surface area contributed by atoms with Crippen LogP contribution in [0.4, 0.5) is 15.8 Å². The molecule has 2 heterocycles. The van der Waals surface area contributed by atoms with Gasteiger partial charge in [0.15, 0.2) is 0 Å². The van der Waals surface area contributed by atoms with E-state index in [1.54, 1.807) is 16.8 Å². The Morgan fingerprint density at radius 3 is 2.31 bits per heavy atom. The zero-order valence-electron chi connectivity index (χ0n) is 15.8. The number of rotatable bonds is 4. The Kier molecular flexibility index (Phi) is 5.27. The van der Waals surface area contributed by atoms with Crippen LogP contribution >= 0.6 is 0 Å². The van der Waals surface area contributed by atoms with Crippen LogP contribution in [0.25, 0.3) is 0 Å². The highest BCUT2D eigenvalue weighted by Gasteiger charge is 2.26. The topological polar surface area (TPSA) is 53.4 Å². The number of hydrogen-bond donors (Lipinski definition) is 1. The van der Waals surface area contributed by atoms with E-state index in [2.05, 4.69) is 20.2 Å². The number of anilines is 2. The van der Waals surface area contributed by atoms with Crippen molar-refractivity contribution >= 4 is 17.3 Å². The monoisotopic (exact) mass is 359 g/mol. The van der Waals surface area contributed by atoms with Crippen LogP contribution in [-0.2, 0) is 11.8 Å². The number of nitrogens with zero attached hydrogens (tertiary/aromatic N) is 4. The summed E-state index contributed by atoms with van der Waals surface area (Å²) in [5.41, 5.74) is 3.59. The van der Waals surface area contributed by atoms with Crippen molar-refractivity contribution in [2.75, 3.05) is 36.4 Å². The van der Waals surface area contributed by atoms with E-state index < -0.39 is 0 Å². The second-order valence-electron chi connectivity index (χ2n) is 6.83. The van der Waals surface area contributed by atoms with Gasteiger partial charge in [0.2, 0.25) is 5.91 Å². The number of halogens is 1. The molecule has 7 heteroatoms. The van der Waals surface area contributed by atoms with Gasteiger partial charge in [0.25, 0.3) is 0 Å². The van der Waals surface area contributed by atoms with E-state index in [4.69, 9.17) is 0 Å². The normalized spacial score (nSPS) is 16.6. The number of amides is 1. The number of carbonyl (C=O) groups excluding carboxylic acids is 1. The number of piperazine rings is 1. The second-order valence-corrected chi connectivity index (χ2v) is 6.83. The van der Waals surface area contributed by atoms with Crippen molar-refractivity contribution in [3.63, 3.8) is 0 Å². The number of benzene rings is 1. The molecule has 1 N–H and O–H groups in total. The molecular formula is C19H26FN5O. The molecule has 6 nitrogen and oxygen atoms in total. The van der Waals surface area contributed by atoms with Gasteiger partial charge in [-0.1, -0.05) is 0 Å². The molecule has 1 amide bonds. The van der Waals surface area contributed by atoms with Gasteiger partial charge < -0.3 is 10.2 Å². The second kappa shape index (κ2) is 7.45. The lowest BCUT2D eigenvalue weighted by molar-refractivity contribution is -0.120. The van der Waals surface area contributed by atoms with Gasteiger partial charge in [-0.15, -0.1) is 0 Å². The maximum atomic E-state index is 13.1. The molecule has 0 radical (unpaired) electrons. The molecule has 1 aliphatic heterocycles. The van der Waals surface area contributed by atoms with Crippen LogP contribution < -0.4 is 10.2 Å². The Morgan fingerprint density at radius 1 is 1.15 bits per heavy atom. The van der Waals surface area contributed by atoms with Crippen LogP contribution in [0.5, 0.6) is 0 Å².